The molecule has 0 bridgehead atoms. The van der Waals surface area contributed by atoms with E-state index in [0.717, 1.165) is 16.7 Å². The summed E-state index contributed by atoms with van der Waals surface area (Å²) in [6, 6.07) is 3.44. The lowest BCUT2D eigenvalue weighted by molar-refractivity contribution is -0.137. The summed E-state index contributed by atoms with van der Waals surface area (Å²) < 4.78 is 9.79. The van der Waals surface area contributed by atoms with Gasteiger partial charge in [-0.15, -0.1) is 0 Å². The van der Waals surface area contributed by atoms with Gasteiger partial charge in [-0.3, -0.25) is 9.59 Å². The predicted octanol–water partition coefficient (Wildman–Crippen LogP) is 2.13. The zero-order valence-corrected chi connectivity index (χ0v) is 14.0. The van der Waals surface area contributed by atoms with Crippen molar-refractivity contribution in [1.82, 2.24) is 5.32 Å². The third kappa shape index (κ3) is 5.25. The Morgan fingerprint density at radius 3 is 2.35 bits per heavy atom. The Hall–Kier alpha value is -2.63. The first-order chi connectivity index (χ1) is 10.8. The van der Waals surface area contributed by atoms with Gasteiger partial charge in [0.05, 0.1) is 7.11 Å². The highest BCUT2D eigenvalue weighted by Crippen LogP contribution is 2.25. The minimum absolute atomic E-state index is 0.0537. The van der Waals surface area contributed by atoms with Crippen LogP contribution in [-0.2, 0) is 25.5 Å². The van der Waals surface area contributed by atoms with E-state index in [1.54, 1.807) is 18.2 Å². The molecule has 0 saturated heterocycles. The monoisotopic (exact) mass is 319 g/mol. The van der Waals surface area contributed by atoms with Gasteiger partial charge in [0.25, 0.3) is 0 Å². The van der Waals surface area contributed by atoms with Crippen LogP contribution in [-0.4, -0.2) is 25.0 Å². The summed E-state index contributed by atoms with van der Waals surface area (Å²) in [5.74, 6) is -0.953. The topological polar surface area (TPSA) is 81.7 Å². The second-order valence-corrected chi connectivity index (χ2v) is 4.99. The number of ether oxygens (including phenoxy) is 2. The number of carbonyl (C=O) groups excluding carboxylic acids is 3. The minimum atomic E-state index is -0.634. The molecular weight excluding hydrogens is 298 g/mol. The van der Waals surface area contributed by atoms with Gasteiger partial charge in [0, 0.05) is 13.8 Å². The summed E-state index contributed by atoms with van der Waals surface area (Å²) in [6.45, 7) is 6.43. The van der Waals surface area contributed by atoms with E-state index in [9.17, 15) is 14.4 Å². The average Bonchev–Trinajstić information content (AvgIpc) is 2.46. The molecule has 1 N–H and O–H groups in total. The van der Waals surface area contributed by atoms with Crippen LogP contribution in [0, 0.1) is 6.92 Å². The molecule has 0 aromatic heterocycles. The van der Waals surface area contributed by atoms with Crippen LogP contribution >= 0.6 is 0 Å². The quantitative estimate of drug-likeness (QED) is 0.511. The van der Waals surface area contributed by atoms with Crippen LogP contribution in [0.3, 0.4) is 0 Å². The Bertz CT molecular complexity index is 661. The zero-order chi connectivity index (χ0) is 17.6. The number of esters is 2. The van der Waals surface area contributed by atoms with Gasteiger partial charge in [-0.2, -0.15) is 0 Å². The molecule has 124 valence electrons. The summed E-state index contributed by atoms with van der Waals surface area (Å²) in [7, 11) is 1.25. The second kappa shape index (κ2) is 8.12. The Morgan fingerprint density at radius 2 is 1.87 bits per heavy atom. The fraction of sp³-hybridized carbons (Fsp3) is 0.353. The molecule has 0 atom stereocenters. The number of methoxy groups -OCH3 is 1. The van der Waals surface area contributed by atoms with Crippen molar-refractivity contribution < 1.29 is 23.9 Å². The summed E-state index contributed by atoms with van der Waals surface area (Å²) in [6.07, 6.45) is 2.23. The van der Waals surface area contributed by atoms with Crippen LogP contribution in [0.25, 0.3) is 6.08 Å². The van der Waals surface area contributed by atoms with Gasteiger partial charge in [0.2, 0.25) is 5.91 Å². The smallest absolute Gasteiger partial charge is 0.354 e. The van der Waals surface area contributed by atoms with Crippen LogP contribution < -0.4 is 10.1 Å². The lowest BCUT2D eigenvalue weighted by Crippen LogP contribution is -2.25. The highest BCUT2D eigenvalue weighted by Gasteiger charge is 2.14. The van der Waals surface area contributed by atoms with Gasteiger partial charge in [0.15, 0.2) is 0 Å². The molecule has 6 nitrogen and oxygen atoms in total. The highest BCUT2D eigenvalue weighted by atomic mass is 16.5. The van der Waals surface area contributed by atoms with E-state index in [4.69, 9.17) is 4.74 Å². The molecule has 0 aliphatic heterocycles. The zero-order valence-electron chi connectivity index (χ0n) is 14.0. The van der Waals surface area contributed by atoms with Crippen molar-refractivity contribution in [3.63, 3.8) is 0 Å². The van der Waals surface area contributed by atoms with Crippen LogP contribution in [0.5, 0.6) is 5.75 Å². The molecule has 0 saturated carbocycles. The maximum atomic E-state index is 11.8. The molecule has 23 heavy (non-hydrogen) atoms. The lowest BCUT2D eigenvalue weighted by atomic mass is 9.98. The molecule has 0 radical (unpaired) electrons. The Morgan fingerprint density at radius 1 is 1.22 bits per heavy atom. The van der Waals surface area contributed by atoms with Crippen LogP contribution in [0.15, 0.2) is 17.8 Å². The number of amides is 1. The molecule has 0 spiro atoms. The average molecular weight is 319 g/mol. The molecule has 0 fully saturated rings. The van der Waals surface area contributed by atoms with Crippen LogP contribution in [0.4, 0.5) is 0 Å². The van der Waals surface area contributed by atoms with E-state index < -0.39 is 11.9 Å². The number of rotatable bonds is 5. The van der Waals surface area contributed by atoms with E-state index in [2.05, 4.69) is 10.1 Å². The van der Waals surface area contributed by atoms with Crippen LogP contribution in [0.2, 0.25) is 0 Å². The Labute approximate surface area is 135 Å². The minimum Gasteiger partial charge on any atom is -0.464 e. The van der Waals surface area contributed by atoms with E-state index in [1.165, 1.54) is 21.0 Å². The van der Waals surface area contributed by atoms with Crippen molar-refractivity contribution >= 4 is 23.9 Å². The molecule has 0 aliphatic carbocycles. The number of hydrogen-bond acceptors (Lipinski definition) is 5. The lowest BCUT2D eigenvalue weighted by Gasteiger charge is -2.13. The van der Waals surface area contributed by atoms with E-state index in [-0.39, 0.29) is 11.6 Å². The van der Waals surface area contributed by atoms with Crippen molar-refractivity contribution in [2.45, 2.75) is 34.1 Å². The molecular formula is C17H21NO5. The van der Waals surface area contributed by atoms with Crippen molar-refractivity contribution in [3.8, 4) is 5.75 Å². The fourth-order valence-electron chi connectivity index (χ4n) is 2.15. The Kier molecular flexibility index (Phi) is 6.50. The number of carbonyl (C=O) groups is 3. The third-order valence-electron chi connectivity index (χ3n) is 3.09. The first kappa shape index (κ1) is 18.4. The molecule has 1 aromatic rings. The van der Waals surface area contributed by atoms with Crippen molar-refractivity contribution in [2.24, 2.45) is 0 Å². The number of hydrogen-bond donors (Lipinski definition) is 1. The maximum absolute atomic E-state index is 11.8. The number of aryl methyl sites for hydroxylation is 2. The van der Waals surface area contributed by atoms with Crippen molar-refractivity contribution in [1.29, 1.82) is 0 Å². The number of nitrogens with one attached hydrogen (secondary N) is 1. The molecule has 0 heterocycles. The predicted molar refractivity (Wildman–Crippen MR) is 85.7 cm³/mol. The fourth-order valence-corrected chi connectivity index (χ4v) is 2.15. The summed E-state index contributed by atoms with van der Waals surface area (Å²) in [5.41, 5.74) is 2.52. The van der Waals surface area contributed by atoms with E-state index in [1.807, 2.05) is 13.8 Å². The molecule has 1 rings (SSSR count). The SMILES string of the molecule is CCc1cc(OC(C)=O)cc(C)c1/C=C(/NC(C)=O)C(=O)OC. The standard InChI is InChI=1S/C17H21NO5/c1-6-13-8-14(23-12(4)20)7-10(2)15(13)9-16(17(21)22-5)18-11(3)19/h7-9H,6H2,1-5H3,(H,18,19)/b16-9+. The third-order valence-corrected chi connectivity index (χ3v) is 3.09. The first-order valence-electron chi connectivity index (χ1n) is 7.18. The van der Waals surface area contributed by atoms with Gasteiger partial charge in [-0.1, -0.05) is 6.92 Å². The molecule has 0 aliphatic rings. The van der Waals surface area contributed by atoms with Crippen molar-refractivity contribution in [2.75, 3.05) is 7.11 Å². The van der Waals surface area contributed by atoms with Gasteiger partial charge >= 0.3 is 11.9 Å². The Balaban J connectivity index is 3.38. The van der Waals surface area contributed by atoms with Gasteiger partial charge in [-0.05, 0) is 48.2 Å². The maximum Gasteiger partial charge on any atom is 0.354 e. The largest absolute Gasteiger partial charge is 0.464 e. The second-order valence-electron chi connectivity index (χ2n) is 4.99. The van der Waals surface area contributed by atoms with Gasteiger partial charge in [-0.25, -0.2) is 4.79 Å². The van der Waals surface area contributed by atoms with Crippen molar-refractivity contribution in [3.05, 3.63) is 34.5 Å². The first-order valence-corrected chi connectivity index (χ1v) is 7.18. The molecule has 6 heteroatoms. The van der Waals surface area contributed by atoms with Gasteiger partial charge in [0.1, 0.15) is 11.4 Å². The van der Waals surface area contributed by atoms with E-state index in [0.29, 0.717) is 12.2 Å². The molecule has 1 amide bonds. The van der Waals surface area contributed by atoms with E-state index >= 15 is 0 Å². The molecule has 0 unspecified atom stereocenters. The summed E-state index contributed by atoms with van der Waals surface area (Å²) >= 11 is 0. The molecule has 1 aromatic carbocycles. The van der Waals surface area contributed by atoms with Crippen LogP contribution in [0.1, 0.15) is 37.5 Å². The normalized spacial score (nSPS) is 10.9. The summed E-state index contributed by atoms with van der Waals surface area (Å²) in [4.78, 5) is 34.2. The highest BCUT2D eigenvalue weighted by molar-refractivity contribution is 5.97. The number of benzene rings is 1. The van der Waals surface area contributed by atoms with Gasteiger partial charge < -0.3 is 14.8 Å². The summed E-state index contributed by atoms with van der Waals surface area (Å²) in [5, 5.41) is 2.47.